The molecule has 3 nitrogen and oxygen atoms in total. The van der Waals surface area contributed by atoms with Gasteiger partial charge in [0.05, 0.1) is 18.8 Å². The fourth-order valence-electron chi connectivity index (χ4n) is 2.93. The van der Waals surface area contributed by atoms with Crippen molar-refractivity contribution in [1.82, 2.24) is 0 Å². The molecule has 2 atom stereocenters. The summed E-state index contributed by atoms with van der Waals surface area (Å²) in [5, 5.41) is 3.58. The van der Waals surface area contributed by atoms with Crippen LogP contribution in [-0.2, 0) is 0 Å². The average molecular weight is 268 g/mol. The van der Waals surface area contributed by atoms with Crippen LogP contribution >= 0.6 is 0 Å². The standard InChI is InChI=1S/C17H20N2O/c1-11-7-8-17(20-2)16(9-11)19-15-10-14(18)12-5-3-4-6-13(12)15/h3-9,14-15,19H,10,18H2,1-2H3. The monoisotopic (exact) mass is 268 g/mol. The van der Waals surface area contributed by atoms with Crippen molar-refractivity contribution >= 4 is 5.69 Å². The van der Waals surface area contributed by atoms with Gasteiger partial charge in [-0.1, -0.05) is 30.3 Å². The Morgan fingerprint density at radius 3 is 2.65 bits per heavy atom. The normalized spacial score (nSPS) is 20.6. The number of ether oxygens (including phenoxy) is 1. The van der Waals surface area contributed by atoms with E-state index in [4.69, 9.17) is 10.5 Å². The minimum atomic E-state index is 0.111. The van der Waals surface area contributed by atoms with E-state index in [9.17, 15) is 0 Å². The molecule has 0 amide bonds. The van der Waals surface area contributed by atoms with Gasteiger partial charge in [0.25, 0.3) is 0 Å². The predicted octanol–water partition coefficient (Wildman–Crippen LogP) is 3.56. The summed E-state index contributed by atoms with van der Waals surface area (Å²) in [7, 11) is 1.70. The van der Waals surface area contributed by atoms with Gasteiger partial charge in [-0.25, -0.2) is 0 Å². The van der Waals surface area contributed by atoms with Crippen molar-refractivity contribution in [3.05, 3.63) is 59.2 Å². The maximum atomic E-state index is 6.22. The largest absolute Gasteiger partial charge is 0.495 e. The highest BCUT2D eigenvalue weighted by Gasteiger charge is 2.28. The zero-order valence-corrected chi connectivity index (χ0v) is 11.9. The molecule has 2 aromatic rings. The molecular weight excluding hydrogens is 248 g/mol. The average Bonchev–Trinajstić information content (AvgIpc) is 2.76. The molecule has 0 saturated carbocycles. The maximum Gasteiger partial charge on any atom is 0.141 e. The Morgan fingerprint density at radius 1 is 1.15 bits per heavy atom. The Morgan fingerprint density at radius 2 is 1.90 bits per heavy atom. The van der Waals surface area contributed by atoms with Gasteiger partial charge in [0, 0.05) is 6.04 Å². The van der Waals surface area contributed by atoms with E-state index in [1.54, 1.807) is 7.11 Å². The van der Waals surface area contributed by atoms with Crippen molar-refractivity contribution in [3.63, 3.8) is 0 Å². The highest BCUT2D eigenvalue weighted by molar-refractivity contribution is 5.60. The van der Waals surface area contributed by atoms with E-state index in [0.717, 1.165) is 17.9 Å². The third-order valence-electron chi connectivity index (χ3n) is 3.95. The van der Waals surface area contributed by atoms with Crippen LogP contribution in [0.25, 0.3) is 0 Å². The third-order valence-corrected chi connectivity index (χ3v) is 3.95. The highest BCUT2D eigenvalue weighted by Crippen LogP contribution is 2.40. The molecule has 0 aliphatic heterocycles. The molecule has 0 spiro atoms. The van der Waals surface area contributed by atoms with E-state index in [1.807, 2.05) is 12.1 Å². The first kappa shape index (κ1) is 13.0. The molecule has 0 fully saturated rings. The van der Waals surface area contributed by atoms with Crippen molar-refractivity contribution in [2.75, 3.05) is 12.4 Å². The van der Waals surface area contributed by atoms with Gasteiger partial charge in [-0.15, -0.1) is 0 Å². The zero-order chi connectivity index (χ0) is 14.1. The van der Waals surface area contributed by atoms with Crippen LogP contribution in [0.1, 0.15) is 35.2 Å². The van der Waals surface area contributed by atoms with Gasteiger partial charge >= 0.3 is 0 Å². The van der Waals surface area contributed by atoms with Gasteiger partial charge in [0.1, 0.15) is 5.75 Å². The second kappa shape index (κ2) is 5.17. The zero-order valence-electron chi connectivity index (χ0n) is 11.9. The van der Waals surface area contributed by atoms with Crippen LogP contribution in [0.15, 0.2) is 42.5 Å². The van der Waals surface area contributed by atoms with Crippen LogP contribution in [0.4, 0.5) is 5.69 Å². The number of methoxy groups -OCH3 is 1. The Bertz CT molecular complexity index is 624. The molecular formula is C17H20N2O. The summed E-state index contributed by atoms with van der Waals surface area (Å²) >= 11 is 0. The molecule has 1 aliphatic carbocycles. The Labute approximate surface area is 119 Å². The lowest BCUT2D eigenvalue weighted by atomic mass is 10.1. The predicted molar refractivity (Wildman–Crippen MR) is 82.1 cm³/mol. The topological polar surface area (TPSA) is 47.3 Å². The minimum absolute atomic E-state index is 0.111. The van der Waals surface area contributed by atoms with Gasteiger partial charge < -0.3 is 15.8 Å². The van der Waals surface area contributed by atoms with Gasteiger partial charge in [0.15, 0.2) is 0 Å². The van der Waals surface area contributed by atoms with Crippen LogP contribution in [-0.4, -0.2) is 7.11 Å². The molecule has 104 valence electrons. The molecule has 0 aromatic heterocycles. The van der Waals surface area contributed by atoms with Crippen LogP contribution in [0.2, 0.25) is 0 Å². The first-order valence-corrected chi connectivity index (χ1v) is 6.94. The molecule has 3 N–H and O–H groups in total. The molecule has 2 aromatic carbocycles. The minimum Gasteiger partial charge on any atom is -0.495 e. The van der Waals surface area contributed by atoms with Gasteiger partial charge in [-0.2, -0.15) is 0 Å². The quantitative estimate of drug-likeness (QED) is 0.894. The fraction of sp³-hybridized carbons (Fsp3) is 0.294. The van der Waals surface area contributed by atoms with E-state index in [0.29, 0.717) is 0 Å². The molecule has 3 rings (SSSR count). The SMILES string of the molecule is COc1ccc(C)cc1NC1CC(N)c2ccccc21. The van der Waals surface area contributed by atoms with E-state index in [2.05, 4.69) is 42.6 Å². The maximum absolute atomic E-state index is 6.22. The lowest BCUT2D eigenvalue weighted by molar-refractivity contribution is 0.415. The number of nitrogens with one attached hydrogen (secondary N) is 1. The summed E-state index contributed by atoms with van der Waals surface area (Å²) in [6, 6.07) is 14.9. The Hall–Kier alpha value is -2.00. The molecule has 1 aliphatic rings. The number of fused-ring (bicyclic) bond motifs is 1. The molecule has 0 radical (unpaired) electrons. The molecule has 0 bridgehead atoms. The lowest BCUT2D eigenvalue weighted by Crippen LogP contribution is -2.10. The van der Waals surface area contributed by atoms with E-state index < -0.39 is 0 Å². The number of hydrogen-bond acceptors (Lipinski definition) is 3. The van der Waals surface area contributed by atoms with Crippen LogP contribution < -0.4 is 15.8 Å². The summed E-state index contributed by atoms with van der Waals surface area (Å²) in [6.07, 6.45) is 0.913. The smallest absolute Gasteiger partial charge is 0.141 e. The molecule has 0 saturated heterocycles. The summed E-state index contributed by atoms with van der Waals surface area (Å²) < 4.78 is 5.43. The second-order valence-corrected chi connectivity index (χ2v) is 5.37. The number of benzene rings is 2. The summed E-state index contributed by atoms with van der Waals surface area (Å²) in [5.41, 5.74) is 11.0. The van der Waals surface area contributed by atoms with Gasteiger partial charge in [-0.05, 0) is 42.2 Å². The summed E-state index contributed by atoms with van der Waals surface area (Å²) in [6.45, 7) is 2.08. The number of nitrogens with two attached hydrogens (primary N) is 1. The van der Waals surface area contributed by atoms with Crippen molar-refractivity contribution in [2.45, 2.75) is 25.4 Å². The first-order chi connectivity index (χ1) is 9.69. The van der Waals surface area contributed by atoms with E-state index >= 15 is 0 Å². The molecule has 3 heteroatoms. The second-order valence-electron chi connectivity index (χ2n) is 5.37. The Balaban J connectivity index is 1.92. The first-order valence-electron chi connectivity index (χ1n) is 6.94. The van der Waals surface area contributed by atoms with Crippen LogP contribution in [0, 0.1) is 6.92 Å². The Kier molecular flexibility index (Phi) is 3.36. The van der Waals surface area contributed by atoms with Crippen molar-refractivity contribution in [2.24, 2.45) is 5.73 Å². The number of anilines is 1. The van der Waals surface area contributed by atoms with Crippen LogP contribution in [0.5, 0.6) is 5.75 Å². The number of aryl methyl sites for hydroxylation is 1. The molecule has 20 heavy (non-hydrogen) atoms. The van der Waals surface area contributed by atoms with Crippen LogP contribution in [0.3, 0.4) is 0 Å². The third kappa shape index (κ3) is 2.25. The van der Waals surface area contributed by atoms with Crippen molar-refractivity contribution in [1.29, 1.82) is 0 Å². The summed E-state index contributed by atoms with van der Waals surface area (Å²) in [4.78, 5) is 0. The highest BCUT2D eigenvalue weighted by atomic mass is 16.5. The number of hydrogen-bond donors (Lipinski definition) is 2. The number of rotatable bonds is 3. The lowest BCUT2D eigenvalue weighted by Gasteiger charge is -2.18. The van der Waals surface area contributed by atoms with Gasteiger partial charge in [-0.3, -0.25) is 0 Å². The van der Waals surface area contributed by atoms with Crippen molar-refractivity contribution < 1.29 is 4.74 Å². The van der Waals surface area contributed by atoms with Crippen molar-refractivity contribution in [3.8, 4) is 5.75 Å². The van der Waals surface area contributed by atoms with E-state index in [-0.39, 0.29) is 12.1 Å². The molecule has 2 unspecified atom stereocenters. The van der Waals surface area contributed by atoms with E-state index in [1.165, 1.54) is 16.7 Å². The summed E-state index contributed by atoms with van der Waals surface area (Å²) in [5.74, 6) is 0.869. The molecule has 0 heterocycles. The van der Waals surface area contributed by atoms with Gasteiger partial charge in [0.2, 0.25) is 0 Å². The fourth-order valence-corrected chi connectivity index (χ4v) is 2.93.